The Morgan fingerprint density at radius 2 is 1.61 bits per heavy atom. The quantitative estimate of drug-likeness (QED) is 0.940. The first-order valence-corrected chi connectivity index (χ1v) is 8.21. The predicted octanol–water partition coefficient (Wildman–Crippen LogP) is 3.60. The van der Waals surface area contributed by atoms with Gasteiger partial charge < -0.3 is 15.1 Å². The third-order valence-electron chi connectivity index (χ3n) is 4.30. The molecule has 0 aromatic heterocycles. The summed E-state index contributed by atoms with van der Waals surface area (Å²) in [6.07, 6.45) is 1.06. The summed E-state index contributed by atoms with van der Waals surface area (Å²) in [6, 6.07) is 18.3. The first-order valence-electron chi connectivity index (χ1n) is 8.21. The highest BCUT2D eigenvalue weighted by molar-refractivity contribution is 5.89. The number of amides is 2. The molecule has 0 atom stereocenters. The molecule has 0 aliphatic carbocycles. The lowest BCUT2D eigenvalue weighted by atomic mass is 10.1. The van der Waals surface area contributed by atoms with E-state index in [-0.39, 0.29) is 6.03 Å². The van der Waals surface area contributed by atoms with Crippen LogP contribution in [0.2, 0.25) is 0 Å². The zero-order chi connectivity index (χ0) is 16.1. The SMILES string of the molecule is CCc1ccc(N2CCN(C(=O)Nc3ccccc3)CC2)cc1. The van der Waals surface area contributed by atoms with Gasteiger partial charge in [-0.1, -0.05) is 37.3 Å². The highest BCUT2D eigenvalue weighted by Gasteiger charge is 2.21. The van der Waals surface area contributed by atoms with Crippen molar-refractivity contribution in [3.8, 4) is 0 Å². The number of carbonyl (C=O) groups excluding carboxylic acids is 1. The third kappa shape index (κ3) is 3.83. The number of benzene rings is 2. The zero-order valence-corrected chi connectivity index (χ0v) is 13.5. The molecule has 3 rings (SSSR count). The van der Waals surface area contributed by atoms with E-state index in [9.17, 15) is 4.79 Å². The Hall–Kier alpha value is -2.49. The van der Waals surface area contributed by atoms with Crippen molar-refractivity contribution in [1.82, 2.24) is 4.90 Å². The van der Waals surface area contributed by atoms with Gasteiger partial charge in [-0.3, -0.25) is 0 Å². The fourth-order valence-electron chi connectivity index (χ4n) is 2.83. The minimum absolute atomic E-state index is 0.0165. The smallest absolute Gasteiger partial charge is 0.321 e. The molecule has 1 fully saturated rings. The maximum Gasteiger partial charge on any atom is 0.321 e. The van der Waals surface area contributed by atoms with Gasteiger partial charge in [0.25, 0.3) is 0 Å². The van der Waals surface area contributed by atoms with Crippen LogP contribution in [-0.2, 0) is 6.42 Å². The molecule has 2 amide bonds. The number of hydrogen-bond donors (Lipinski definition) is 1. The van der Waals surface area contributed by atoms with E-state index in [1.807, 2.05) is 35.2 Å². The van der Waals surface area contributed by atoms with Crippen molar-refractivity contribution in [2.75, 3.05) is 36.4 Å². The lowest BCUT2D eigenvalue weighted by Gasteiger charge is -2.36. The van der Waals surface area contributed by atoms with Crippen molar-refractivity contribution < 1.29 is 4.79 Å². The van der Waals surface area contributed by atoms with E-state index in [1.165, 1.54) is 11.3 Å². The van der Waals surface area contributed by atoms with Crippen LogP contribution in [0, 0.1) is 0 Å². The molecule has 4 nitrogen and oxygen atoms in total. The molecule has 23 heavy (non-hydrogen) atoms. The van der Waals surface area contributed by atoms with Gasteiger partial charge in [0.15, 0.2) is 0 Å². The van der Waals surface area contributed by atoms with E-state index in [2.05, 4.69) is 41.4 Å². The molecule has 1 aliphatic heterocycles. The van der Waals surface area contributed by atoms with Gasteiger partial charge in [0, 0.05) is 37.6 Å². The number of anilines is 2. The number of piperazine rings is 1. The summed E-state index contributed by atoms with van der Waals surface area (Å²) >= 11 is 0. The number of carbonyl (C=O) groups is 1. The number of urea groups is 1. The minimum atomic E-state index is -0.0165. The maximum atomic E-state index is 12.3. The summed E-state index contributed by atoms with van der Waals surface area (Å²) in [6.45, 7) is 5.39. The van der Waals surface area contributed by atoms with Gasteiger partial charge in [-0.15, -0.1) is 0 Å². The second kappa shape index (κ2) is 7.18. The molecule has 0 spiro atoms. The molecule has 1 N–H and O–H groups in total. The molecular weight excluding hydrogens is 286 g/mol. The van der Waals surface area contributed by atoms with E-state index < -0.39 is 0 Å². The van der Waals surface area contributed by atoms with Gasteiger partial charge in [-0.2, -0.15) is 0 Å². The van der Waals surface area contributed by atoms with Crippen LogP contribution in [0.15, 0.2) is 54.6 Å². The average Bonchev–Trinajstić information content (AvgIpc) is 2.63. The van der Waals surface area contributed by atoms with Crippen LogP contribution >= 0.6 is 0 Å². The molecule has 1 aliphatic rings. The fraction of sp³-hybridized carbons (Fsp3) is 0.316. The summed E-state index contributed by atoms with van der Waals surface area (Å²) in [5.74, 6) is 0. The number of hydrogen-bond acceptors (Lipinski definition) is 2. The normalized spacial score (nSPS) is 14.7. The lowest BCUT2D eigenvalue weighted by molar-refractivity contribution is 0.208. The van der Waals surface area contributed by atoms with Crippen LogP contribution in [-0.4, -0.2) is 37.1 Å². The Kier molecular flexibility index (Phi) is 4.81. The third-order valence-corrected chi connectivity index (χ3v) is 4.30. The largest absolute Gasteiger partial charge is 0.368 e. The van der Waals surface area contributed by atoms with Gasteiger partial charge in [-0.25, -0.2) is 4.79 Å². The Labute approximate surface area is 137 Å². The fourth-order valence-corrected chi connectivity index (χ4v) is 2.83. The molecule has 0 unspecified atom stereocenters. The van der Waals surface area contributed by atoms with Crippen molar-refractivity contribution in [3.05, 3.63) is 60.2 Å². The Morgan fingerprint density at radius 1 is 0.957 bits per heavy atom. The van der Waals surface area contributed by atoms with E-state index >= 15 is 0 Å². The molecule has 0 saturated carbocycles. The Bertz CT molecular complexity index is 631. The second-order valence-electron chi connectivity index (χ2n) is 5.79. The topological polar surface area (TPSA) is 35.6 Å². The molecule has 0 bridgehead atoms. The number of nitrogens with zero attached hydrogens (tertiary/aromatic N) is 2. The van der Waals surface area contributed by atoms with Gasteiger partial charge in [-0.05, 0) is 36.2 Å². The van der Waals surface area contributed by atoms with E-state index in [0.29, 0.717) is 0 Å². The standard InChI is InChI=1S/C19H23N3O/c1-2-16-8-10-18(11-9-16)21-12-14-22(15-13-21)19(23)20-17-6-4-3-5-7-17/h3-11H,2,12-15H2,1H3,(H,20,23). The summed E-state index contributed by atoms with van der Waals surface area (Å²) in [5, 5.41) is 2.95. The highest BCUT2D eigenvalue weighted by atomic mass is 16.2. The minimum Gasteiger partial charge on any atom is -0.368 e. The second-order valence-corrected chi connectivity index (χ2v) is 5.79. The van der Waals surface area contributed by atoms with Crippen LogP contribution < -0.4 is 10.2 Å². The monoisotopic (exact) mass is 309 g/mol. The predicted molar refractivity (Wildman–Crippen MR) is 95.1 cm³/mol. The molecular formula is C19H23N3O. The van der Waals surface area contributed by atoms with Crippen LogP contribution in [0.1, 0.15) is 12.5 Å². The van der Waals surface area contributed by atoms with Crippen molar-refractivity contribution >= 4 is 17.4 Å². The Balaban J connectivity index is 1.54. The molecule has 2 aromatic carbocycles. The molecule has 2 aromatic rings. The summed E-state index contributed by atoms with van der Waals surface area (Å²) in [7, 11) is 0. The maximum absolute atomic E-state index is 12.3. The van der Waals surface area contributed by atoms with Crippen LogP contribution in [0.3, 0.4) is 0 Å². The molecule has 0 radical (unpaired) electrons. The van der Waals surface area contributed by atoms with Gasteiger partial charge in [0.2, 0.25) is 0 Å². The zero-order valence-electron chi connectivity index (χ0n) is 13.5. The number of nitrogens with one attached hydrogen (secondary N) is 1. The highest BCUT2D eigenvalue weighted by Crippen LogP contribution is 2.18. The van der Waals surface area contributed by atoms with Gasteiger partial charge in [0.1, 0.15) is 0 Å². The Morgan fingerprint density at radius 3 is 2.22 bits per heavy atom. The van der Waals surface area contributed by atoms with Crippen LogP contribution in [0.4, 0.5) is 16.2 Å². The van der Waals surface area contributed by atoms with Crippen molar-refractivity contribution in [3.63, 3.8) is 0 Å². The first kappa shape index (κ1) is 15.4. The summed E-state index contributed by atoms with van der Waals surface area (Å²) < 4.78 is 0. The number of para-hydroxylation sites is 1. The number of aryl methyl sites for hydroxylation is 1. The van der Waals surface area contributed by atoms with E-state index in [1.54, 1.807) is 0 Å². The van der Waals surface area contributed by atoms with Crippen molar-refractivity contribution in [1.29, 1.82) is 0 Å². The van der Waals surface area contributed by atoms with Crippen molar-refractivity contribution in [2.24, 2.45) is 0 Å². The van der Waals surface area contributed by atoms with Crippen LogP contribution in [0.5, 0.6) is 0 Å². The summed E-state index contributed by atoms with van der Waals surface area (Å²) in [4.78, 5) is 16.5. The first-order chi connectivity index (χ1) is 11.3. The molecule has 4 heteroatoms. The molecule has 1 heterocycles. The average molecular weight is 309 g/mol. The molecule has 1 saturated heterocycles. The van der Waals surface area contributed by atoms with E-state index in [4.69, 9.17) is 0 Å². The molecule has 120 valence electrons. The summed E-state index contributed by atoms with van der Waals surface area (Å²) in [5.41, 5.74) is 3.44. The number of rotatable bonds is 3. The van der Waals surface area contributed by atoms with E-state index in [0.717, 1.165) is 38.3 Å². The van der Waals surface area contributed by atoms with Gasteiger partial charge in [0.05, 0.1) is 0 Å². The van der Waals surface area contributed by atoms with Gasteiger partial charge >= 0.3 is 6.03 Å². The van der Waals surface area contributed by atoms with Crippen LogP contribution in [0.25, 0.3) is 0 Å². The lowest BCUT2D eigenvalue weighted by Crippen LogP contribution is -2.50. The van der Waals surface area contributed by atoms with Crippen molar-refractivity contribution in [2.45, 2.75) is 13.3 Å².